The van der Waals surface area contributed by atoms with Gasteiger partial charge in [0.25, 0.3) is 0 Å². The van der Waals surface area contributed by atoms with Gasteiger partial charge in [0.05, 0.1) is 9.32 Å². The van der Waals surface area contributed by atoms with Gasteiger partial charge in [0.15, 0.2) is 0 Å². The second-order valence-electron chi connectivity index (χ2n) is 3.27. The van der Waals surface area contributed by atoms with Crippen molar-refractivity contribution < 1.29 is 0 Å². The van der Waals surface area contributed by atoms with Gasteiger partial charge in [-0.05, 0) is 40.8 Å². The van der Waals surface area contributed by atoms with Crippen LogP contribution in [0, 0.1) is 3.57 Å². The zero-order chi connectivity index (χ0) is 12.3. The van der Waals surface area contributed by atoms with E-state index in [9.17, 15) is 0 Å². The van der Waals surface area contributed by atoms with Crippen molar-refractivity contribution in [3.05, 3.63) is 44.3 Å². The molecule has 0 saturated heterocycles. The third-order valence-corrected chi connectivity index (χ3v) is 4.30. The second kappa shape index (κ2) is 6.01. The van der Waals surface area contributed by atoms with Crippen LogP contribution >= 0.6 is 50.3 Å². The predicted octanol–water partition coefficient (Wildman–Crippen LogP) is 3.72. The Balaban J connectivity index is 2.05. The molecule has 17 heavy (non-hydrogen) atoms. The molecule has 0 unspecified atom stereocenters. The van der Waals surface area contributed by atoms with Crippen molar-refractivity contribution in [2.45, 2.75) is 10.6 Å². The Hall–Kier alpha value is -0.340. The first kappa shape index (κ1) is 13.1. The second-order valence-corrected chi connectivity index (χ2v) is 6.39. The number of nitrogens with two attached hydrogens (primary N) is 1. The van der Waals surface area contributed by atoms with Gasteiger partial charge in [0, 0.05) is 15.6 Å². The summed E-state index contributed by atoms with van der Waals surface area (Å²) in [4.78, 5) is 9.66. The summed E-state index contributed by atoms with van der Waals surface area (Å²) in [6.07, 6.45) is 1.75. The average molecular weight is 422 g/mol. The minimum absolute atomic E-state index is 0.547. The molecule has 0 amide bonds. The van der Waals surface area contributed by atoms with Crippen LogP contribution in [0.25, 0.3) is 0 Å². The van der Waals surface area contributed by atoms with Crippen LogP contribution in [-0.2, 0) is 5.75 Å². The summed E-state index contributed by atoms with van der Waals surface area (Å²) in [6.45, 7) is 0. The first-order valence-corrected chi connectivity index (χ1v) is 7.66. The normalized spacial score (nSPS) is 10.5. The van der Waals surface area contributed by atoms with Crippen molar-refractivity contribution >= 4 is 56.1 Å². The van der Waals surface area contributed by atoms with E-state index in [0.29, 0.717) is 5.82 Å². The summed E-state index contributed by atoms with van der Waals surface area (Å²) in [7, 11) is 0. The number of hydrogen-bond acceptors (Lipinski definition) is 4. The predicted molar refractivity (Wildman–Crippen MR) is 82.9 cm³/mol. The van der Waals surface area contributed by atoms with Gasteiger partial charge in [-0.15, -0.1) is 11.8 Å². The number of hydrogen-bond donors (Lipinski definition) is 1. The SMILES string of the molecule is Nc1nc(CSc2cccc(Br)c2)ncc1I. The van der Waals surface area contributed by atoms with Crippen molar-refractivity contribution in [2.24, 2.45) is 0 Å². The maximum atomic E-state index is 5.74. The highest BCUT2D eigenvalue weighted by Gasteiger charge is 2.03. The number of rotatable bonds is 3. The minimum atomic E-state index is 0.547. The molecule has 0 radical (unpaired) electrons. The first-order valence-electron chi connectivity index (χ1n) is 4.80. The van der Waals surface area contributed by atoms with Crippen molar-refractivity contribution in [2.75, 3.05) is 5.73 Å². The summed E-state index contributed by atoms with van der Waals surface area (Å²) in [5.74, 6) is 2.02. The molecule has 1 heterocycles. The molecule has 2 aromatic rings. The van der Waals surface area contributed by atoms with Crippen LogP contribution in [0.15, 0.2) is 39.8 Å². The summed E-state index contributed by atoms with van der Waals surface area (Å²) < 4.78 is 1.96. The Bertz CT molecular complexity index is 536. The van der Waals surface area contributed by atoms with E-state index in [2.05, 4.69) is 60.6 Å². The fourth-order valence-electron chi connectivity index (χ4n) is 1.19. The van der Waals surface area contributed by atoms with Crippen LogP contribution in [0.4, 0.5) is 5.82 Å². The number of anilines is 1. The average Bonchev–Trinajstić information content (AvgIpc) is 2.31. The molecule has 0 saturated carbocycles. The van der Waals surface area contributed by atoms with E-state index in [0.717, 1.165) is 19.6 Å². The third kappa shape index (κ3) is 3.82. The Morgan fingerprint density at radius 3 is 2.94 bits per heavy atom. The van der Waals surface area contributed by atoms with Gasteiger partial charge in [-0.25, -0.2) is 9.97 Å². The lowest BCUT2D eigenvalue weighted by Gasteiger charge is -2.03. The lowest BCUT2D eigenvalue weighted by Crippen LogP contribution is -2.00. The zero-order valence-corrected chi connectivity index (χ0v) is 13.3. The number of aromatic nitrogens is 2. The number of nitrogen functional groups attached to an aromatic ring is 1. The molecule has 88 valence electrons. The van der Waals surface area contributed by atoms with Gasteiger partial charge in [-0.2, -0.15) is 0 Å². The lowest BCUT2D eigenvalue weighted by atomic mass is 10.4. The van der Waals surface area contributed by atoms with E-state index in [-0.39, 0.29) is 0 Å². The monoisotopic (exact) mass is 421 g/mol. The van der Waals surface area contributed by atoms with E-state index in [1.54, 1.807) is 18.0 Å². The van der Waals surface area contributed by atoms with Crippen LogP contribution in [-0.4, -0.2) is 9.97 Å². The van der Waals surface area contributed by atoms with E-state index in [4.69, 9.17) is 5.73 Å². The highest BCUT2D eigenvalue weighted by molar-refractivity contribution is 14.1. The Morgan fingerprint density at radius 2 is 2.24 bits per heavy atom. The van der Waals surface area contributed by atoms with Crippen molar-refractivity contribution in [1.82, 2.24) is 9.97 Å². The first-order chi connectivity index (χ1) is 8.15. The van der Waals surface area contributed by atoms with Gasteiger partial charge in [0.1, 0.15) is 11.6 Å². The van der Waals surface area contributed by atoms with Crippen molar-refractivity contribution in [3.63, 3.8) is 0 Å². The minimum Gasteiger partial charge on any atom is -0.383 e. The van der Waals surface area contributed by atoms with Gasteiger partial charge in [-0.1, -0.05) is 22.0 Å². The summed E-state index contributed by atoms with van der Waals surface area (Å²) in [6, 6.07) is 8.14. The quantitative estimate of drug-likeness (QED) is 0.606. The fourth-order valence-corrected chi connectivity index (χ4v) is 2.82. The summed E-state index contributed by atoms with van der Waals surface area (Å²) >= 11 is 7.26. The standard InChI is InChI=1S/C11H9BrIN3S/c12-7-2-1-3-8(4-7)17-6-10-15-5-9(13)11(14)16-10/h1-5H,6H2,(H2,14,15,16). The molecular weight excluding hydrogens is 413 g/mol. The largest absolute Gasteiger partial charge is 0.383 e. The van der Waals surface area contributed by atoms with Gasteiger partial charge < -0.3 is 5.73 Å². The van der Waals surface area contributed by atoms with Crippen LogP contribution in [0.1, 0.15) is 5.82 Å². The number of halogens is 2. The molecule has 0 bridgehead atoms. The van der Waals surface area contributed by atoms with Crippen molar-refractivity contribution in [1.29, 1.82) is 0 Å². The Labute approximate surface area is 126 Å². The summed E-state index contributed by atoms with van der Waals surface area (Å²) in [5, 5.41) is 0. The molecule has 0 aliphatic carbocycles. The fraction of sp³-hybridized carbons (Fsp3) is 0.0909. The van der Waals surface area contributed by atoms with E-state index >= 15 is 0 Å². The van der Waals surface area contributed by atoms with Crippen molar-refractivity contribution in [3.8, 4) is 0 Å². The van der Waals surface area contributed by atoms with Crippen LogP contribution in [0.5, 0.6) is 0 Å². The van der Waals surface area contributed by atoms with E-state index < -0.39 is 0 Å². The zero-order valence-electron chi connectivity index (χ0n) is 8.73. The van der Waals surface area contributed by atoms with Crippen LogP contribution in [0.2, 0.25) is 0 Å². The van der Waals surface area contributed by atoms with Gasteiger partial charge >= 0.3 is 0 Å². The molecule has 0 atom stereocenters. The highest BCUT2D eigenvalue weighted by atomic mass is 127. The molecule has 6 heteroatoms. The topological polar surface area (TPSA) is 51.8 Å². The Kier molecular flexibility index (Phi) is 4.63. The molecule has 0 spiro atoms. The van der Waals surface area contributed by atoms with Gasteiger partial charge in [0.2, 0.25) is 0 Å². The van der Waals surface area contributed by atoms with Crippen LogP contribution in [0.3, 0.4) is 0 Å². The maximum Gasteiger partial charge on any atom is 0.140 e. The van der Waals surface area contributed by atoms with E-state index in [1.165, 1.54) is 4.90 Å². The molecule has 3 nitrogen and oxygen atoms in total. The van der Waals surface area contributed by atoms with Gasteiger partial charge in [-0.3, -0.25) is 0 Å². The molecule has 0 fully saturated rings. The molecule has 0 aliphatic heterocycles. The number of benzene rings is 1. The van der Waals surface area contributed by atoms with Crippen LogP contribution < -0.4 is 5.73 Å². The number of nitrogens with zero attached hydrogens (tertiary/aromatic N) is 2. The molecule has 2 rings (SSSR count). The highest BCUT2D eigenvalue weighted by Crippen LogP contribution is 2.24. The maximum absolute atomic E-state index is 5.74. The number of thioether (sulfide) groups is 1. The molecule has 1 aromatic carbocycles. The molecule has 2 N–H and O–H groups in total. The Morgan fingerprint density at radius 1 is 1.41 bits per heavy atom. The molecule has 1 aromatic heterocycles. The smallest absolute Gasteiger partial charge is 0.140 e. The van der Waals surface area contributed by atoms with E-state index in [1.807, 2.05) is 12.1 Å². The molecular formula is C11H9BrIN3S. The molecule has 0 aliphatic rings. The summed E-state index contributed by atoms with van der Waals surface area (Å²) in [5.41, 5.74) is 5.74. The lowest BCUT2D eigenvalue weighted by molar-refractivity contribution is 1.03. The third-order valence-electron chi connectivity index (χ3n) is 1.99.